The molecule has 6 nitrogen and oxygen atoms in total. The second kappa shape index (κ2) is 8.81. The molecule has 5 rings (SSSR count). The van der Waals surface area contributed by atoms with Gasteiger partial charge < -0.3 is 15.7 Å². The number of anilines is 2. The molecule has 1 aliphatic rings. The van der Waals surface area contributed by atoms with Crippen molar-refractivity contribution in [2.24, 2.45) is 0 Å². The first-order valence-electron chi connectivity index (χ1n) is 10.3. The van der Waals surface area contributed by atoms with Gasteiger partial charge in [0, 0.05) is 40.1 Å². The Morgan fingerprint density at radius 3 is 2.53 bits per heavy atom. The predicted octanol–water partition coefficient (Wildman–Crippen LogP) is 5.71. The lowest BCUT2D eigenvalue weighted by molar-refractivity contribution is 0.0697. The van der Waals surface area contributed by atoms with Crippen LogP contribution in [0.2, 0.25) is 5.02 Å². The summed E-state index contributed by atoms with van der Waals surface area (Å²) in [5.41, 5.74) is 3.28. The van der Waals surface area contributed by atoms with Crippen LogP contribution in [0.5, 0.6) is 0 Å². The molecule has 9 heteroatoms. The van der Waals surface area contributed by atoms with Gasteiger partial charge in [0.1, 0.15) is 11.6 Å². The fourth-order valence-electron chi connectivity index (χ4n) is 4.01. The molecule has 0 bridgehead atoms. The summed E-state index contributed by atoms with van der Waals surface area (Å²) in [7, 11) is 0. The highest BCUT2D eigenvalue weighted by Crippen LogP contribution is 2.39. The lowest BCUT2D eigenvalue weighted by Crippen LogP contribution is -2.23. The van der Waals surface area contributed by atoms with Gasteiger partial charge in [-0.05, 0) is 54.1 Å². The lowest BCUT2D eigenvalue weighted by atomic mass is 9.93. The van der Waals surface area contributed by atoms with Crippen molar-refractivity contribution >= 4 is 29.2 Å². The largest absolute Gasteiger partial charge is 0.478 e. The normalized spacial score (nSPS) is 14.6. The number of carbonyl (C=O) groups is 1. The number of fused-ring (bicyclic) bond motifs is 3. The van der Waals surface area contributed by atoms with Crippen molar-refractivity contribution in [2.45, 2.75) is 12.6 Å². The molecule has 0 saturated heterocycles. The molecule has 170 valence electrons. The van der Waals surface area contributed by atoms with E-state index in [-0.39, 0.29) is 17.7 Å². The van der Waals surface area contributed by atoms with E-state index in [2.05, 4.69) is 20.6 Å². The number of aromatic nitrogens is 2. The first kappa shape index (κ1) is 21.9. The van der Waals surface area contributed by atoms with Crippen LogP contribution >= 0.6 is 11.6 Å². The Balaban J connectivity index is 1.57. The maximum Gasteiger partial charge on any atom is 0.335 e. The second-order valence-corrected chi connectivity index (χ2v) is 8.19. The van der Waals surface area contributed by atoms with E-state index in [4.69, 9.17) is 16.7 Å². The molecule has 0 fully saturated rings. The zero-order chi connectivity index (χ0) is 23.8. The van der Waals surface area contributed by atoms with E-state index in [0.717, 1.165) is 5.56 Å². The van der Waals surface area contributed by atoms with Gasteiger partial charge in [-0.1, -0.05) is 23.7 Å². The molecule has 0 spiro atoms. The van der Waals surface area contributed by atoms with Crippen LogP contribution in [-0.4, -0.2) is 21.0 Å². The molecular formula is C25H17ClF2N4O2. The molecule has 4 aromatic rings. The number of hydrogen-bond donors (Lipinski definition) is 3. The van der Waals surface area contributed by atoms with Crippen LogP contribution in [-0.2, 0) is 6.54 Å². The number of nitrogens with one attached hydrogen (secondary N) is 2. The third-order valence-electron chi connectivity index (χ3n) is 5.62. The number of aromatic carboxylic acids is 1. The van der Waals surface area contributed by atoms with Crippen molar-refractivity contribution in [1.82, 2.24) is 15.3 Å². The maximum atomic E-state index is 14.7. The van der Waals surface area contributed by atoms with E-state index in [1.54, 1.807) is 36.5 Å². The molecule has 1 atom stereocenters. The molecule has 1 unspecified atom stereocenters. The Kier molecular flexibility index (Phi) is 5.69. The minimum absolute atomic E-state index is 0.0938. The molecule has 3 aromatic carbocycles. The maximum absolute atomic E-state index is 14.7. The molecule has 0 radical (unpaired) electrons. The van der Waals surface area contributed by atoms with E-state index in [9.17, 15) is 13.6 Å². The highest BCUT2D eigenvalue weighted by atomic mass is 35.5. The Morgan fingerprint density at radius 2 is 1.82 bits per heavy atom. The highest BCUT2D eigenvalue weighted by Gasteiger charge is 2.29. The van der Waals surface area contributed by atoms with Crippen LogP contribution in [0.15, 0.2) is 66.9 Å². The smallest absolute Gasteiger partial charge is 0.335 e. The van der Waals surface area contributed by atoms with Gasteiger partial charge in [0.15, 0.2) is 0 Å². The highest BCUT2D eigenvalue weighted by molar-refractivity contribution is 6.30. The van der Waals surface area contributed by atoms with E-state index in [0.29, 0.717) is 33.5 Å². The average Bonchev–Trinajstić information content (AvgIpc) is 2.96. The number of hydrogen-bond acceptors (Lipinski definition) is 5. The third-order valence-corrected chi connectivity index (χ3v) is 5.85. The molecular weight excluding hydrogens is 462 g/mol. The van der Waals surface area contributed by atoms with Crippen molar-refractivity contribution in [3.8, 4) is 11.3 Å². The van der Waals surface area contributed by atoms with Crippen LogP contribution < -0.4 is 10.6 Å². The fraction of sp³-hybridized carbons (Fsp3) is 0.0800. The van der Waals surface area contributed by atoms with Crippen molar-refractivity contribution in [1.29, 1.82) is 0 Å². The summed E-state index contributed by atoms with van der Waals surface area (Å²) in [6.45, 7) is 0.271. The van der Waals surface area contributed by atoms with Crippen molar-refractivity contribution in [3.63, 3.8) is 0 Å². The van der Waals surface area contributed by atoms with Gasteiger partial charge in [-0.3, -0.25) is 0 Å². The number of benzene rings is 3. The first-order valence-corrected chi connectivity index (χ1v) is 10.7. The van der Waals surface area contributed by atoms with Gasteiger partial charge in [-0.25, -0.2) is 23.5 Å². The standard InChI is InChI=1S/C25H17ClF2N4O2/c26-15-6-9-17-18(10-15)23(21-19(27)2-1-3-20(21)28)29-11-14-12-30-25(32-22(14)17)31-16-7-4-13(5-8-16)24(33)34/h1-10,12,23,29H,11H2,(H,33,34)(H,30,31,32). The number of halogens is 3. The monoisotopic (exact) mass is 478 g/mol. The van der Waals surface area contributed by atoms with Gasteiger partial charge in [-0.2, -0.15) is 0 Å². The van der Waals surface area contributed by atoms with E-state index in [1.807, 2.05) is 0 Å². The molecule has 3 N–H and O–H groups in total. The first-order chi connectivity index (χ1) is 16.4. The van der Waals surface area contributed by atoms with Crippen LogP contribution in [0.3, 0.4) is 0 Å². The number of nitrogens with zero attached hydrogens (tertiary/aromatic N) is 2. The van der Waals surface area contributed by atoms with Gasteiger partial charge >= 0.3 is 5.97 Å². The summed E-state index contributed by atoms with van der Waals surface area (Å²) < 4.78 is 29.4. The number of carboxylic acids is 1. The average molecular weight is 479 g/mol. The fourth-order valence-corrected chi connectivity index (χ4v) is 4.19. The zero-order valence-corrected chi connectivity index (χ0v) is 18.3. The number of rotatable bonds is 4. The third kappa shape index (κ3) is 4.09. The molecule has 34 heavy (non-hydrogen) atoms. The molecule has 1 aliphatic heterocycles. The van der Waals surface area contributed by atoms with Crippen molar-refractivity contribution in [3.05, 3.63) is 106 Å². The van der Waals surface area contributed by atoms with E-state index < -0.39 is 23.6 Å². The summed E-state index contributed by atoms with van der Waals surface area (Å²) in [6.07, 6.45) is 1.64. The summed E-state index contributed by atoms with van der Waals surface area (Å²) in [5.74, 6) is -2.05. The van der Waals surface area contributed by atoms with Gasteiger partial charge in [-0.15, -0.1) is 0 Å². The minimum Gasteiger partial charge on any atom is -0.478 e. The summed E-state index contributed by atoms with van der Waals surface area (Å²) >= 11 is 6.26. The van der Waals surface area contributed by atoms with Crippen LogP contribution in [0.25, 0.3) is 11.3 Å². The molecule has 1 aromatic heterocycles. The molecule has 0 amide bonds. The topological polar surface area (TPSA) is 87.1 Å². The number of carboxylic acid groups (broad SMARTS) is 1. The molecule has 2 heterocycles. The lowest BCUT2D eigenvalue weighted by Gasteiger charge is -2.20. The van der Waals surface area contributed by atoms with Crippen molar-refractivity contribution in [2.75, 3.05) is 5.32 Å². The van der Waals surface area contributed by atoms with Gasteiger partial charge in [0.05, 0.1) is 17.3 Å². The molecule has 0 saturated carbocycles. The van der Waals surface area contributed by atoms with Crippen molar-refractivity contribution < 1.29 is 18.7 Å². The predicted molar refractivity (Wildman–Crippen MR) is 124 cm³/mol. The second-order valence-electron chi connectivity index (χ2n) is 7.76. The van der Waals surface area contributed by atoms with Gasteiger partial charge in [0.2, 0.25) is 5.95 Å². The Morgan fingerprint density at radius 1 is 1.09 bits per heavy atom. The Hall–Kier alpha value is -3.88. The van der Waals surface area contributed by atoms with Crippen LogP contribution in [0.4, 0.5) is 20.4 Å². The summed E-state index contributed by atoms with van der Waals surface area (Å²) in [5, 5.41) is 15.8. The zero-order valence-electron chi connectivity index (χ0n) is 17.5. The quantitative estimate of drug-likeness (QED) is 0.348. The Labute approximate surface area is 198 Å². The van der Waals surface area contributed by atoms with E-state index in [1.165, 1.54) is 30.3 Å². The van der Waals surface area contributed by atoms with Crippen LogP contribution in [0, 0.1) is 11.6 Å². The summed E-state index contributed by atoms with van der Waals surface area (Å²) in [4.78, 5) is 20.1. The summed E-state index contributed by atoms with van der Waals surface area (Å²) in [6, 6.07) is 14.3. The SMILES string of the molecule is O=C(O)c1ccc(Nc2ncc3c(n2)-c2ccc(Cl)cc2C(c2c(F)cccc2F)NC3)cc1. The van der Waals surface area contributed by atoms with E-state index >= 15 is 0 Å². The Bertz CT molecular complexity index is 1390. The molecule has 0 aliphatic carbocycles. The van der Waals surface area contributed by atoms with Crippen LogP contribution in [0.1, 0.15) is 33.1 Å². The van der Waals surface area contributed by atoms with Gasteiger partial charge in [0.25, 0.3) is 0 Å². The minimum atomic E-state index is -1.02.